The molecule has 2 aromatic rings. The quantitative estimate of drug-likeness (QED) is 0.775. The lowest BCUT2D eigenvalue weighted by Gasteiger charge is -2.01. The third-order valence-corrected chi connectivity index (χ3v) is 1.71. The van der Waals surface area contributed by atoms with Gasteiger partial charge in [0, 0.05) is 5.69 Å². The monoisotopic (exact) mass is 206 g/mol. The lowest BCUT2D eigenvalue weighted by molar-refractivity contribution is 0.101. The molecular weight excluding hydrogens is 199 g/mol. The van der Waals surface area contributed by atoms with Crippen LogP contribution >= 0.6 is 0 Å². The third-order valence-electron chi connectivity index (χ3n) is 1.71. The molecule has 0 fully saturated rings. The number of H-pyrrole nitrogens is 1. The number of carbonyl (C=O) groups is 1. The standard InChI is InChI=1S/C9H7FN4O/c10-6-2-1-3-7(4-6)13-9(15)8-11-5-12-14-8/h1-5H,(H,13,15)(H,11,12,14). The molecule has 0 saturated carbocycles. The number of aromatic amines is 1. The van der Waals surface area contributed by atoms with Crippen molar-refractivity contribution in [1.29, 1.82) is 0 Å². The van der Waals surface area contributed by atoms with Crippen LogP contribution in [0.25, 0.3) is 0 Å². The van der Waals surface area contributed by atoms with E-state index in [2.05, 4.69) is 20.5 Å². The van der Waals surface area contributed by atoms with Crippen molar-refractivity contribution in [1.82, 2.24) is 15.2 Å². The second kappa shape index (κ2) is 3.87. The minimum absolute atomic E-state index is 0.0826. The zero-order valence-electron chi connectivity index (χ0n) is 7.57. The van der Waals surface area contributed by atoms with Crippen molar-refractivity contribution >= 4 is 11.6 Å². The van der Waals surface area contributed by atoms with E-state index < -0.39 is 11.7 Å². The Morgan fingerprint density at radius 3 is 3.00 bits per heavy atom. The normalized spacial score (nSPS) is 9.93. The number of rotatable bonds is 2. The van der Waals surface area contributed by atoms with E-state index in [0.29, 0.717) is 5.69 Å². The van der Waals surface area contributed by atoms with Gasteiger partial charge in [-0.3, -0.25) is 9.89 Å². The number of nitrogens with zero attached hydrogens (tertiary/aromatic N) is 2. The van der Waals surface area contributed by atoms with E-state index >= 15 is 0 Å². The Morgan fingerprint density at radius 1 is 1.47 bits per heavy atom. The van der Waals surface area contributed by atoms with Crippen molar-refractivity contribution < 1.29 is 9.18 Å². The van der Waals surface area contributed by atoms with Gasteiger partial charge >= 0.3 is 0 Å². The maximum atomic E-state index is 12.8. The molecule has 1 amide bonds. The highest BCUT2D eigenvalue weighted by Gasteiger charge is 2.08. The van der Waals surface area contributed by atoms with Crippen LogP contribution in [0.4, 0.5) is 10.1 Å². The van der Waals surface area contributed by atoms with Crippen LogP contribution in [0.5, 0.6) is 0 Å². The number of amides is 1. The molecule has 0 unspecified atom stereocenters. The van der Waals surface area contributed by atoms with E-state index in [0.717, 1.165) is 0 Å². The zero-order valence-corrected chi connectivity index (χ0v) is 7.57. The molecule has 0 atom stereocenters. The summed E-state index contributed by atoms with van der Waals surface area (Å²) >= 11 is 0. The van der Waals surface area contributed by atoms with Gasteiger partial charge in [0.25, 0.3) is 5.91 Å². The molecular formula is C9H7FN4O. The summed E-state index contributed by atoms with van der Waals surface area (Å²) in [5, 5.41) is 8.41. The number of hydrogen-bond donors (Lipinski definition) is 2. The summed E-state index contributed by atoms with van der Waals surface area (Å²) in [6, 6.07) is 5.60. The predicted octanol–water partition coefficient (Wildman–Crippen LogP) is 1.20. The maximum absolute atomic E-state index is 12.8. The van der Waals surface area contributed by atoms with Gasteiger partial charge in [-0.05, 0) is 18.2 Å². The van der Waals surface area contributed by atoms with Gasteiger partial charge in [0.1, 0.15) is 12.1 Å². The van der Waals surface area contributed by atoms with Crippen molar-refractivity contribution in [3.8, 4) is 0 Å². The van der Waals surface area contributed by atoms with Crippen LogP contribution in [0.15, 0.2) is 30.6 Å². The highest BCUT2D eigenvalue weighted by Crippen LogP contribution is 2.09. The number of anilines is 1. The van der Waals surface area contributed by atoms with Crippen molar-refractivity contribution in [3.05, 3.63) is 42.2 Å². The second-order valence-corrected chi connectivity index (χ2v) is 2.80. The second-order valence-electron chi connectivity index (χ2n) is 2.80. The van der Waals surface area contributed by atoms with E-state index in [1.54, 1.807) is 6.07 Å². The number of nitrogens with one attached hydrogen (secondary N) is 2. The van der Waals surface area contributed by atoms with E-state index in [9.17, 15) is 9.18 Å². The Kier molecular flexibility index (Phi) is 2.40. The molecule has 0 spiro atoms. The Bertz CT molecular complexity index is 469. The molecule has 1 heterocycles. The van der Waals surface area contributed by atoms with Gasteiger partial charge in [0.2, 0.25) is 5.82 Å². The van der Waals surface area contributed by atoms with Crippen molar-refractivity contribution in [2.45, 2.75) is 0 Å². The maximum Gasteiger partial charge on any atom is 0.292 e. The summed E-state index contributed by atoms with van der Waals surface area (Å²) in [6.07, 6.45) is 1.22. The molecule has 0 aliphatic rings. The van der Waals surface area contributed by atoms with Crippen LogP contribution < -0.4 is 5.32 Å². The zero-order chi connectivity index (χ0) is 10.7. The lowest BCUT2D eigenvalue weighted by atomic mass is 10.3. The molecule has 5 nitrogen and oxygen atoms in total. The van der Waals surface area contributed by atoms with Crippen LogP contribution in [0, 0.1) is 5.82 Å². The number of aromatic nitrogens is 3. The van der Waals surface area contributed by atoms with Crippen LogP contribution in [0.2, 0.25) is 0 Å². The van der Waals surface area contributed by atoms with Gasteiger partial charge in [-0.1, -0.05) is 6.07 Å². The van der Waals surface area contributed by atoms with Crippen molar-refractivity contribution in [3.63, 3.8) is 0 Å². The topological polar surface area (TPSA) is 70.7 Å². The van der Waals surface area contributed by atoms with Gasteiger partial charge in [0.15, 0.2) is 0 Å². The minimum atomic E-state index is -0.460. The Morgan fingerprint density at radius 2 is 2.33 bits per heavy atom. The molecule has 1 aromatic carbocycles. The van der Waals surface area contributed by atoms with E-state index in [-0.39, 0.29) is 5.82 Å². The number of benzene rings is 1. The smallest absolute Gasteiger partial charge is 0.292 e. The predicted molar refractivity (Wildman–Crippen MR) is 50.7 cm³/mol. The van der Waals surface area contributed by atoms with E-state index in [1.807, 2.05) is 0 Å². The summed E-state index contributed by atoms with van der Waals surface area (Å²) in [6.45, 7) is 0. The summed E-state index contributed by atoms with van der Waals surface area (Å²) in [7, 11) is 0. The summed E-state index contributed by atoms with van der Waals surface area (Å²) in [5.41, 5.74) is 0.372. The number of hydrogen-bond acceptors (Lipinski definition) is 3. The molecule has 1 aromatic heterocycles. The SMILES string of the molecule is O=C(Nc1cccc(F)c1)c1ncn[nH]1. The molecule has 2 rings (SSSR count). The summed E-state index contributed by atoms with van der Waals surface area (Å²) < 4.78 is 12.8. The molecule has 6 heteroatoms. The van der Waals surface area contributed by atoms with Crippen LogP contribution in [-0.2, 0) is 0 Å². The Balaban J connectivity index is 2.13. The molecule has 0 aliphatic carbocycles. The fourth-order valence-electron chi connectivity index (χ4n) is 1.07. The van der Waals surface area contributed by atoms with Gasteiger partial charge < -0.3 is 5.32 Å². The molecule has 0 aliphatic heterocycles. The fraction of sp³-hybridized carbons (Fsp3) is 0. The van der Waals surface area contributed by atoms with Crippen molar-refractivity contribution in [2.24, 2.45) is 0 Å². The molecule has 2 N–H and O–H groups in total. The lowest BCUT2D eigenvalue weighted by Crippen LogP contribution is -2.13. The first-order chi connectivity index (χ1) is 7.25. The first-order valence-electron chi connectivity index (χ1n) is 4.18. The van der Waals surface area contributed by atoms with Gasteiger partial charge in [-0.15, -0.1) is 0 Å². The third kappa shape index (κ3) is 2.16. The fourth-order valence-corrected chi connectivity index (χ4v) is 1.07. The highest BCUT2D eigenvalue weighted by atomic mass is 19.1. The Hall–Kier alpha value is -2.24. The van der Waals surface area contributed by atoms with E-state index in [4.69, 9.17) is 0 Å². The first kappa shape index (κ1) is 9.32. The van der Waals surface area contributed by atoms with Crippen LogP contribution in [-0.4, -0.2) is 21.1 Å². The first-order valence-corrected chi connectivity index (χ1v) is 4.18. The molecule has 15 heavy (non-hydrogen) atoms. The average Bonchev–Trinajstić information content (AvgIpc) is 2.70. The molecule has 0 bridgehead atoms. The van der Waals surface area contributed by atoms with Gasteiger partial charge in [0.05, 0.1) is 0 Å². The average molecular weight is 206 g/mol. The molecule has 0 radical (unpaired) electrons. The number of halogens is 1. The number of carbonyl (C=O) groups excluding carboxylic acids is 1. The van der Waals surface area contributed by atoms with Crippen molar-refractivity contribution in [2.75, 3.05) is 5.32 Å². The van der Waals surface area contributed by atoms with Gasteiger partial charge in [-0.2, -0.15) is 5.10 Å². The van der Waals surface area contributed by atoms with E-state index in [1.165, 1.54) is 24.5 Å². The highest BCUT2D eigenvalue weighted by molar-refractivity contribution is 6.01. The largest absolute Gasteiger partial charge is 0.319 e. The summed E-state index contributed by atoms with van der Waals surface area (Å²) in [5.74, 6) is -0.789. The van der Waals surface area contributed by atoms with Crippen LogP contribution in [0.3, 0.4) is 0 Å². The molecule has 76 valence electrons. The van der Waals surface area contributed by atoms with Crippen LogP contribution in [0.1, 0.15) is 10.6 Å². The molecule has 0 saturated heterocycles. The van der Waals surface area contributed by atoms with Gasteiger partial charge in [-0.25, -0.2) is 9.37 Å². The summed E-state index contributed by atoms with van der Waals surface area (Å²) in [4.78, 5) is 15.1. The Labute approximate surface area is 84.3 Å². The minimum Gasteiger partial charge on any atom is -0.319 e.